The van der Waals surface area contributed by atoms with Crippen LogP contribution in [0.4, 0.5) is 4.39 Å². The van der Waals surface area contributed by atoms with E-state index < -0.39 is 21.2 Å². The molecule has 2 saturated heterocycles. The fourth-order valence-corrected chi connectivity index (χ4v) is 7.04. The van der Waals surface area contributed by atoms with Crippen LogP contribution in [0.15, 0.2) is 40.7 Å². The molecule has 42 heavy (non-hydrogen) atoms. The minimum atomic E-state index is -3.78. The van der Waals surface area contributed by atoms with E-state index in [2.05, 4.69) is 10.3 Å². The minimum Gasteiger partial charge on any atom is -0.390 e. The fraction of sp³-hybridized carbons (Fsp3) is 0.452. The van der Waals surface area contributed by atoms with E-state index in [4.69, 9.17) is 0 Å². The van der Waals surface area contributed by atoms with Crippen molar-refractivity contribution < 1.29 is 27.5 Å². The molecular formula is C31H37FN4O5S. The first-order chi connectivity index (χ1) is 19.7. The number of halogens is 1. The molecule has 2 aromatic carbocycles. The second-order valence-electron chi connectivity index (χ2n) is 12.0. The summed E-state index contributed by atoms with van der Waals surface area (Å²) in [5.74, 6) is -0.339. The van der Waals surface area contributed by atoms with E-state index in [1.54, 1.807) is 49.1 Å². The first-order valence-electron chi connectivity index (χ1n) is 14.2. The van der Waals surface area contributed by atoms with Crippen LogP contribution in [0.1, 0.15) is 70.8 Å². The standard InChI is InChI=1S/C31H37FN4O5S/c1-20-17-24(28(37)35-12-8-30(4,39)9-13-35)18-21(2)25(20)7-16-42(40,41)36-14-10-31(11-15-36)29(38)33-27(34-31)23-5-6-26(32)22(3)19-23/h5-7,16-19,39H,8-15H2,1-4H3,(H,33,34,38)/b16-7+. The molecule has 224 valence electrons. The Balaban J connectivity index is 1.26. The van der Waals surface area contributed by atoms with Crippen molar-refractivity contribution in [3.05, 3.63) is 74.9 Å². The maximum absolute atomic E-state index is 13.7. The Morgan fingerprint density at radius 1 is 1.00 bits per heavy atom. The van der Waals surface area contributed by atoms with Gasteiger partial charge in [-0.25, -0.2) is 12.8 Å². The summed E-state index contributed by atoms with van der Waals surface area (Å²) in [6.07, 6.45) is 3.08. The molecule has 0 aromatic heterocycles. The summed E-state index contributed by atoms with van der Waals surface area (Å²) >= 11 is 0. The van der Waals surface area contributed by atoms with E-state index in [0.29, 0.717) is 48.5 Å². The van der Waals surface area contributed by atoms with Gasteiger partial charge in [0.2, 0.25) is 10.0 Å². The van der Waals surface area contributed by atoms with Crippen molar-refractivity contribution in [2.24, 2.45) is 4.99 Å². The maximum Gasteiger partial charge on any atom is 0.253 e. The van der Waals surface area contributed by atoms with Crippen LogP contribution in [0, 0.1) is 26.6 Å². The van der Waals surface area contributed by atoms with E-state index in [0.717, 1.165) is 16.7 Å². The highest BCUT2D eigenvalue weighted by molar-refractivity contribution is 7.92. The first kappa shape index (κ1) is 30.1. The highest BCUT2D eigenvalue weighted by Gasteiger charge is 2.47. The zero-order chi connectivity index (χ0) is 30.4. The largest absolute Gasteiger partial charge is 0.390 e. The quantitative estimate of drug-likeness (QED) is 0.548. The van der Waals surface area contributed by atoms with Crippen molar-refractivity contribution in [1.29, 1.82) is 0 Å². The summed E-state index contributed by atoms with van der Waals surface area (Å²) in [6, 6.07) is 8.08. The molecular weight excluding hydrogens is 559 g/mol. The van der Waals surface area contributed by atoms with Crippen molar-refractivity contribution in [3.63, 3.8) is 0 Å². The number of amidine groups is 1. The van der Waals surface area contributed by atoms with Crippen LogP contribution in [0.2, 0.25) is 0 Å². The molecule has 0 radical (unpaired) electrons. The van der Waals surface area contributed by atoms with Gasteiger partial charge in [-0.1, -0.05) is 0 Å². The smallest absolute Gasteiger partial charge is 0.253 e. The lowest BCUT2D eigenvalue weighted by Crippen LogP contribution is -2.50. The molecule has 11 heteroatoms. The predicted octanol–water partition coefficient (Wildman–Crippen LogP) is 3.45. The number of amides is 2. The maximum atomic E-state index is 13.7. The fourth-order valence-electron chi connectivity index (χ4n) is 5.87. The Morgan fingerprint density at radius 2 is 1.62 bits per heavy atom. The number of likely N-dealkylation sites (tertiary alicyclic amines) is 1. The van der Waals surface area contributed by atoms with Crippen LogP contribution >= 0.6 is 0 Å². The minimum absolute atomic E-state index is 0.0987. The van der Waals surface area contributed by atoms with Gasteiger partial charge in [0, 0.05) is 42.7 Å². The predicted molar refractivity (Wildman–Crippen MR) is 159 cm³/mol. The number of sulfonamides is 1. The van der Waals surface area contributed by atoms with Gasteiger partial charge >= 0.3 is 0 Å². The van der Waals surface area contributed by atoms with Gasteiger partial charge in [0.15, 0.2) is 0 Å². The van der Waals surface area contributed by atoms with Crippen LogP contribution < -0.4 is 5.32 Å². The van der Waals surface area contributed by atoms with Gasteiger partial charge in [0.05, 0.1) is 5.60 Å². The Morgan fingerprint density at radius 3 is 2.21 bits per heavy atom. The molecule has 0 atom stereocenters. The van der Waals surface area contributed by atoms with Gasteiger partial charge in [-0.05, 0) is 112 Å². The highest BCUT2D eigenvalue weighted by atomic mass is 32.2. The average molecular weight is 597 g/mol. The summed E-state index contributed by atoms with van der Waals surface area (Å²) in [5, 5.41) is 14.2. The number of piperidine rings is 2. The van der Waals surface area contributed by atoms with Gasteiger partial charge in [-0.2, -0.15) is 4.31 Å². The van der Waals surface area contributed by atoms with Crippen molar-refractivity contribution in [2.45, 2.75) is 64.5 Å². The molecule has 3 aliphatic heterocycles. The molecule has 0 bridgehead atoms. The highest BCUT2D eigenvalue weighted by Crippen LogP contribution is 2.33. The monoisotopic (exact) mass is 596 g/mol. The van der Waals surface area contributed by atoms with Crippen molar-refractivity contribution in [2.75, 3.05) is 26.2 Å². The van der Waals surface area contributed by atoms with E-state index in [-0.39, 0.29) is 43.6 Å². The summed E-state index contributed by atoms with van der Waals surface area (Å²) < 4.78 is 41.5. The number of aliphatic imine (C=N–C) groups is 1. The third kappa shape index (κ3) is 5.91. The number of carbonyl (C=O) groups is 2. The van der Waals surface area contributed by atoms with Crippen molar-refractivity contribution in [1.82, 2.24) is 14.5 Å². The number of rotatable bonds is 5. The summed E-state index contributed by atoms with van der Waals surface area (Å²) in [4.78, 5) is 32.4. The average Bonchev–Trinajstić information content (AvgIpc) is 3.24. The summed E-state index contributed by atoms with van der Waals surface area (Å²) in [7, 11) is -3.78. The zero-order valence-corrected chi connectivity index (χ0v) is 25.2. The molecule has 0 saturated carbocycles. The lowest BCUT2D eigenvalue weighted by molar-refractivity contribution is -0.124. The third-order valence-electron chi connectivity index (χ3n) is 8.70. The Hall–Kier alpha value is -3.41. The van der Waals surface area contributed by atoms with Crippen LogP contribution in [0.25, 0.3) is 6.08 Å². The van der Waals surface area contributed by atoms with Gasteiger partial charge in [-0.3, -0.25) is 14.6 Å². The van der Waals surface area contributed by atoms with Gasteiger partial charge < -0.3 is 15.3 Å². The molecule has 0 aliphatic carbocycles. The van der Waals surface area contributed by atoms with E-state index in [1.807, 2.05) is 13.8 Å². The normalized spacial score (nSPS) is 20.7. The molecule has 9 nitrogen and oxygen atoms in total. The van der Waals surface area contributed by atoms with Crippen molar-refractivity contribution in [3.8, 4) is 0 Å². The Bertz CT molecular complexity index is 1570. The molecule has 0 unspecified atom stereocenters. The third-order valence-corrected chi connectivity index (χ3v) is 10.3. The Kier molecular flexibility index (Phi) is 7.88. The SMILES string of the molecule is Cc1cc(C2=NC3(CCN(S(=O)(=O)/C=C/c4c(C)cc(C(=O)N5CCC(C)(O)CC5)cc4C)CC3)C(=O)N2)ccc1F. The zero-order valence-electron chi connectivity index (χ0n) is 24.4. The van der Waals surface area contributed by atoms with E-state index >= 15 is 0 Å². The lowest BCUT2D eigenvalue weighted by atomic mass is 9.89. The molecule has 1 spiro atoms. The van der Waals surface area contributed by atoms with E-state index in [1.165, 1.54) is 15.8 Å². The summed E-state index contributed by atoms with van der Waals surface area (Å²) in [6.45, 7) is 8.36. The number of hydrogen-bond acceptors (Lipinski definition) is 6. The molecule has 3 aliphatic rings. The van der Waals surface area contributed by atoms with Crippen LogP contribution in [-0.4, -0.2) is 77.7 Å². The second kappa shape index (κ2) is 11.0. The number of carbonyl (C=O) groups excluding carboxylic acids is 2. The number of nitrogens with one attached hydrogen (secondary N) is 1. The molecule has 2 N–H and O–H groups in total. The Labute approximate surface area is 246 Å². The van der Waals surface area contributed by atoms with E-state index in [9.17, 15) is 27.5 Å². The number of aryl methyl sites for hydroxylation is 3. The molecule has 2 amide bonds. The molecule has 2 fully saturated rings. The van der Waals surface area contributed by atoms with Crippen molar-refractivity contribution >= 4 is 33.7 Å². The number of aliphatic hydroxyl groups is 1. The van der Waals surface area contributed by atoms with Gasteiger partial charge in [-0.15, -0.1) is 0 Å². The van der Waals surface area contributed by atoms with Crippen LogP contribution in [0.3, 0.4) is 0 Å². The van der Waals surface area contributed by atoms with Crippen LogP contribution in [0.5, 0.6) is 0 Å². The van der Waals surface area contributed by atoms with Crippen LogP contribution in [-0.2, 0) is 14.8 Å². The molecule has 5 rings (SSSR count). The molecule has 2 aromatic rings. The van der Waals surface area contributed by atoms with Gasteiger partial charge in [0.25, 0.3) is 11.8 Å². The first-order valence-corrected chi connectivity index (χ1v) is 15.7. The molecule has 3 heterocycles. The van der Waals surface area contributed by atoms with Gasteiger partial charge in [0.1, 0.15) is 17.2 Å². The number of benzene rings is 2. The number of nitrogens with zero attached hydrogens (tertiary/aromatic N) is 3. The lowest BCUT2D eigenvalue weighted by Gasteiger charge is -2.36. The second-order valence-corrected chi connectivity index (χ2v) is 13.8. The topological polar surface area (TPSA) is 119 Å². The number of hydrogen-bond donors (Lipinski definition) is 2. The summed E-state index contributed by atoms with van der Waals surface area (Å²) in [5.41, 5.74) is 2.09.